The van der Waals surface area contributed by atoms with Crippen molar-refractivity contribution >= 4 is 5.91 Å². The van der Waals surface area contributed by atoms with Crippen LogP contribution < -0.4 is 5.32 Å². The highest BCUT2D eigenvalue weighted by atomic mass is 16.1. The Morgan fingerprint density at radius 3 is 2.40 bits per heavy atom. The summed E-state index contributed by atoms with van der Waals surface area (Å²) in [7, 11) is 0. The monoisotopic (exact) mass is 275 g/mol. The van der Waals surface area contributed by atoms with Gasteiger partial charge in [-0.2, -0.15) is 0 Å². The van der Waals surface area contributed by atoms with Crippen molar-refractivity contribution in [2.75, 3.05) is 6.54 Å². The van der Waals surface area contributed by atoms with Crippen molar-refractivity contribution in [3.63, 3.8) is 0 Å². The molecule has 1 aromatic rings. The van der Waals surface area contributed by atoms with E-state index >= 15 is 0 Å². The molecule has 1 N–H and O–H groups in total. The van der Waals surface area contributed by atoms with Gasteiger partial charge in [0.2, 0.25) is 5.91 Å². The lowest BCUT2D eigenvalue weighted by Crippen LogP contribution is -2.24. The molecule has 0 aliphatic rings. The molecule has 0 atom stereocenters. The number of aryl methyl sites for hydroxylation is 1. The molecule has 0 radical (unpaired) electrons. The molecule has 1 aromatic carbocycles. The predicted octanol–water partition coefficient (Wildman–Crippen LogP) is 4.49. The van der Waals surface area contributed by atoms with E-state index in [1.165, 1.54) is 37.7 Å². The highest BCUT2D eigenvalue weighted by Gasteiger charge is 2.00. The largest absolute Gasteiger partial charge is 0.356 e. The van der Waals surface area contributed by atoms with Crippen molar-refractivity contribution < 1.29 is 4.79 Å². The molecule has 0 aliphatic heterocycles. The summed E-state index contributed by atoms with van der Waals surface area (Å²) in [5.41, 5.74) is 1.32. The van der Waals surface area contributed by atoms with Gasteiger partial charge in [0, 0.05) is 13.0 Å². The van der Waals surface area contributed by atoms with Crippen LogP contribution in [-0.2, 0) is 11.2 Å². The van der Waals surface area contributed by atoms with E-state index in [1.807, 2.05) is 18.2 Å². The van der Waals surface area contributed by atoms with Gasteiger partial charge in [-0.3, -0.25) is 4.79 Å². The van der Waals surface area contributed by atoms with Crippen molar-refractivity contribution in [3.8, 4) is 0 Å². The lowest BCUT2D eigenvalue weighted by Gasteiger charge is -2.05. The van der Waals surface area contributed by atoms with Gasteiger partial charge < -0.3 is 5.32 Å². The molecule has 2 nitrogen and oxygen atoms in total. The summed E-state index contributed by atoms with van der Waals surface area (Å²) in [4.78, 5) is 11.7. The average Bonchev–Trinajstić information content (AvgIpc) is 2.47. The third kappa shape index (κ3) is 8.73. The van der Waals surface area contributed by atoms with E-state index in [0.717, 1.165) is 25.8 Å². The van der Waals surface area contributed by atoms with Gasteiger partial charge in [-0.15, -0.1) is 0 Å². The predicted molar refractivity (Wildman–Crippen MR) is 85.8 cm³/mol. The van der Waals surface area contributed by atoms with Gasteiger partial charge in [-0.1, -0.05) is 69.4 Å². The summed E-state index contributed by atoms with van der Waals surface area (Å²) in [6.45, 7) is 3.08. The van der Waals surface area contributed by atoms with Crippen LogP contribution in [0.5, 0.6) is 0 Å². The van der Waals surface area contributed by atoms with E-state index in [1.54, 1.807) is 0 Å². The second-order valence-corrected chi connectivity index (χ2v) is 5.46. The third-order valence-electron chi connectivity index (χ3n) is 3.56. The number of carbonyl (C=O) groups excluding carboxylic acids is 1. The lowest BCUT2D eigenvalue weighted by atomic mass is 10.1. The number of hydrogen-bond acceptors (Lipinski definition) is 1. The minimum atomic E-state index is 0.203. The summed E-state index contributed by atoms with van der Waals surface area (Å²) in [5.74, 6) is 0.203. The van der Waals surface area contributed by atoms with Gasteiger partial charge >= 0.3 is 0 Å². The second-order valence-electron chi connectivity index (χ2n) is 5.46. The zero-order valence-corrected chi connectivity index (χ0v) is 12.9. The Morgan fingerprint density at radius 2 is 1.65 bits per heavy atom. The Hall–Kier alpha value is -1.31. The molecule has 0 aromatic heterocycles. The number of hydrogen-bond donors (Lipinski definition) is 1. The van der Waals surface area contributed by atoms with E-state index in [2.05, 4.69) is 24.4 Å². The number of benzene rings is 1. The van der Waals surface area contributed by atoms with Crippen molar-refractivity contribution in [2.45, 2.75) is 64.7 Å². The molecule has 0 saturated heterocycles. The van der Waals surface area contributed by atoms with Crippen LogP contribution in [0.25, 0.3) is 0 Å². The van der Waals surface area contributed by atoms with E-state index in [-0.39, 0.29) is 5.91 Å². The lowest BCUT2D eigenvalue weighted by molar-refractivity contribution is -0.121. The summed E-state index contributed by atoms with van der Waals surface area (Å²) >= 11 is 0. The van der Waals surface area contributed by atoms with Crippen LogP contribution >= 0.6 is 0 Å². The zero-order chi connectivity index (χ0) is 14.5. The molecule has 0 bridgehead atoms. The summed E-state index contributed by atoms with van der Waals surface area (Å²) in [5, 5.41) is 3.02. The number of amides is 1. The minimum absolute atomic E-state index is 0.203. The van der Waals surface area contributed by atoms with Gasteiger partial charge in [0.15, 0.2) is 0 Å². The highest BCUT2D eigenvalue weighted by Crippen LogP contribution is 2.05. The Bertz CT molecular complexity index is 348. The first-order valence-corrected chi connectivity index (χ1v) is 8.13. The normalized spacial score (nSPS) is 10.4. The molecule has 0 saturated carbocycles. The molecule has 20 heavy (non-hydrogen) atoms. The SMILES string of the molecule is CCCCCCCCNC(=O)CCCc1ccccc1. The number of rotatable bonds is 11. The van der Waals surface area contributed by atoms with Crippen molar-refractivity contribution in [3.05, 3.63) is 35.9 Å². The molecule has 0 unspecified atom stereocenters. The minimum Gasteiger partial charge on any atom is -0.356 e. The summed E-state index contributed by atoms with van der Waals surface area (Å²) in [6.07, 6.45) is 10.2. The van der Waals surface area contributed by atoms with Crippen LogP contribution in [0.15, 0.2) is 30.3 Å². The average molecular weight is 275 g/mol. The molecule has 0 spiro atoms. The molecular weight excluding hydrogens is 246 g/mol. The first-order chi connectivity index (χ1) is 9.83. The Morgan fingerprint density at radius 1 is 0.950 bits per heavy atom. The quantitative estimate of drug-likeness (QED) is 0.592. The maximum absolute atomic E-state index is 11.7. The molecule has 1 amide bonds. The van der Waals surface area contributed by atoms with Crippen LogP contribution in [0, 0.1) is 0 Å². The molecular formula is C18H29NO. The Balaban J connectivity index is 1.93. The van der Waals surface area contributed by atoms with Crippen LogP contribution in [0.2, 0.25) is 0 Å². The molecule has 0 fully saturated rings. The van der Waals surface area contributed by atoms with Crippen LogP contribution in [0.4, 0.5) is 0 Å². The molecule has 1 rings (SSSR count). The first kappa shape index (κ1) is 16.7. The third-order valence-corrected chi connectivity index (χ3v) is 3.56. The van der Waals surface area contributed by atoms with Gasteiger partial charge in [-0.05, 0) is 24.8 Å². The second kappa shape index (κ2) is 11.5. The molecule has 0 aliphatic carbocycles. The van der Waals surface area contributed by atoms with Crippen LogP contribution in [-0.4, -0.2) is 12.5 Å². The molecule has 0 heterocycles. The van der Waals surface area contributed by atoms with Gasteiger partial charge in [0.1, 0.15) is 0 Å². The maximum Gasteiger partial charge on any atom is 0.220 e. The van der Waals surface area contributed by atoms with Gasteiger partial charge in [-0.25, -0.2) is 0 Å². The smallest absolute Gasteiger partial charge is 0.220 e. The first-order valence-electron chi connectivity index (χ1n) is 8.13. The molecule has 2 heteroatoms. The summed E-state index contributed by atoms with van der Waals surface area (Å²) < 4.78 is 0. The molecule has 112 valence electrons. The zero-order valence-electron chi connectivity index (χ0n) is 12.9. The number of nitrogens with one attached hydrogen (secondary N) is 1. The van der Waals surface area contributed by atoms with Crippen LogP contribution in [0.1, 0.15) is 63.9 Å². The van der Waals surface area contributed by atoms with Crippen LogP contribution in [0.3, 0.4) is 0 Å². The number of unbranched alkanes of at least 4 members (excludes halogenated alkanes) is 5. The Kier molecular flexibility index (Phi) is 9.64. The fourth-order valence-electron chi connectivity index (χ4n) is 2.32. The van der Waals surface area contributed by atoms with Crippen molar-refractivity contribution in [2.24, 2.45) is 0 Å². The highest BCUT2D eigenvalue weighted by molar-refractivity contribution is 5.75. The van der Waals surface area contributed by atoms with Crippen molar-refractivity contribution in [1.29, 1.82) is 0 Å². The van der Waals surface area contributed by atoms with E-state index in [9.17, 15) is 4.79 Å². The van der Waals surface area contributed by atoms with Crippen molar-refractivity contribution in [1.82, 2.24) is 5.32 Å². The van der Waals surface area contributed by atoms with Gasteiger partial charge in [0.05, 0.1) is 0 Å². The Labute approximate surface area is 124 Å². The summed E-state index contributed by atoms with van der Waals surface area (Å²) in [6, 6.07) is 10.4. The fourth-order valence-corrected chi connectivity index (χ4v) is 2.32. The van der Waals surface area contributed by atoms with Gasteiger partial charge in [0.25, 0.3) is 0 Å². The number of carbonyl (C=O) groups is 1. The van der Waals surface area contributed by atoms with E-state index < -0.39 is 0 Å². The fraction of sp³-hybridized carbons (Fsp3) is 0.611. The van der Waals surface area contributed by atoms with E-state index in [0.29, 0.717) is 6.42 Å². The standard InChI is InChI=1S/C18H29NO/c1-2-3-4-5-6-10-16-19-18(20)15-11-14-17-12-8-7-9-13-17/h7-9,12-13H,2-6,10-11,14-16H2,1H3,(H,19,20). The topological polar surface area (TPSA) is 29.1 Å². The maximum atomic E-state index is 11.7. The van der Waals surface area contributed by atoms with E-state index in [4.69, 9.17) is 0 Å².